The van der Waals surface area contributed by atoms with Crippen molar-refractivity contribution in [2.75, 3.05) is 5.32 Å². The molecule has 0 aliphatic rings. The van der Waals surface area contributed by atoms with Gasteiger partial charge in [0, 0.05) is 17.3 Å². The van der Waals surface area contributed by atoms with Crippen molar-refractivity contribution in [1.82, 2.24) is 0 Å². The van der Waals surface area contributed by atoms with Gasteiger partial charge < -0.3 is 9.84 Å². The third-order valence-electron chi connectivity index (χ3n) is 2.00. The lowest BCUT2D eigenvalue weighted by Crippen LogP contribution is -2.18. The number of carbonyl (C=O) groups is 2. The van der Waals surface area contributed by atoms with Crippen LogP contribution in [0.4, 0.5) is 14.9 Å². The maximum Gasteiger partial charge on any atom is 0.411 e. The van der Waals surface area contributed by atoms with Crippen molar-refractivity contribution < 1.29 is 23.8 Å². The van der Waals surface area contributed by atoms with Crippen LogP contribution in [-0.4, -0.2) is 23.3 Å². The van der Waals surface area contributed by atoms with Gasteiger partial charge >= 0.3 is 12.1 Å². The fourth-order valence-corrected chi connectivity index (χ4v) is 1.26. The van der Waals surface area contributed by atoms with Crippen molar-refractivity contribution in [3.8, 4) is 0 Å². The molecule has 1 rings (SSSR count). The Kier molecular flexibility index (Phi) is 5.05. The third-order valence-corrected chi connectivity index (χ3v) is 2.00. The molecule has 0 bridgehead atoms. The maximum absolute atomic E-state index is 13.6. The van der Waals surface area contributed by atoms with E-state index in [-0.39, 0.29) is 17.4 Å². The van der Waals surface area contributed by atoms with E-state index in [4.69, 9.17) is 9.84 Å². The monoisotopic (exact) mass is 267 g/mol. The molecule has 0 spiro atoms. The summed E-state index contributed by atoms with van der Waals surface area (Å²) in [5.74, 6) is -1.80. The molecule has 0 saturated heterocycles. The zero-order valence-corrected chi connectivity index (χ0v) is 10.5. The molecule has 102 valence electrons. The molecule has 1 amide bonds. The fraction of sp³-hybridized carbons (Fsp3) is 0.231. The fourth-order valence-electron chi connectivity index (χ4n) is 1.26. The highest BCUT2D eigenvalue weighted by Gasteiger charge is 2.07. The highest BCUT2D eigenvalue weighted by atomic mass is 19.1. The summed E-state index contributed by atoms with van der Waals surface area (Å²) in [6.45, 7) is 3.39. The van der Waals surface area contributed by atoms with Crippen molar-refractivity contribution >= 4 is 23.8 Å². The molecule has 0 saturated carbocycles. The van der Waals surface area contributed by atoms with Gasteiger partial charge in [-0.3, -0.25) is 5.32 Å². The molecule has 0 fully saturated rings. The van der Waals surface area contributed by atoms with Crippen LogP contribution in [-0.2, 0) is 9.53 Å². The smallest absolute Gasteiger partial charge is 0.411 e. The zero-order chi connectivity index (χ0) is 14.4. The molecule has 0 aliphatic carbocycles. The number of benzene rings is 1. The third kappa shape index (κ3) is 5.20. The number of hydrogen-bond acceptors (Lipinski definition) is 3. The summed E-state index contributed by atoms with van der Waals surface area (Å²) in [6.07, 6.45) is 1.01. The van der Waals surface area contributed by atoms with Crippen LogP contribution in [0.1, 0.15) is 19.4 Å². The summed E-state index contributed by atoms with van der Waals surface area (Å²) < 4.78 is 18.4. The minimum atomic E-state index is -1.16. The SMILES string of the molecule is CC(C)OC(=O)Nc1ccc(C=CC(=O)O)c(F)c1. The number of anilines is 1. The largest absolute Gasteiger partial charge is 0.478 e. The van der Waals surface area contributed by atoms with Gasteiger partial charge in [-0.25, -0.2) is 14.0 Å². The van der Waals surface area contributed by atoms with Crippen molar-refractivity contribution in [2.24, 2.45) is 0 Å². The number of amides is 1. The Hall–Kier alpha value is -2.37. The van der Waals surface area contributed by atoms with E-state index in [1.807, 2.05) is 0 Å². The minimum absolute atomic E-state index is 0.116. The van der Waals surface area contributed by atoms with Crippen molar-refractivity contribution in [2.45, 2.75) is 20.0 Å². The number of halogens is 1. The van der Waals surface area contributed by atoms with Crippen LogP contribution < -0.4 is 5.32 Å². The molecule has 0 heterocycles. The Morgan fingerprint density at radius 2 is 2.11 bits per heavy atom. The average molecular weight is 267 g/mol. The molecule has 6 heteroatoms. The lowest BCUT2D eigenvalue weighted by molar-refractivity contribution is -0.131. The molecular weight excluding hydrogens is 253 g/mol. The van der Waals surface area contributed by atoms with Gasteiger partial charge in [-0.15, -0.1) is 0 Å². The molecule has 1 aromatic carbocycles. The summed E-state index contributed by atoms with van der Waals surface area (Å²) in [4.78, 5) is 21.6. The van der Waals surface area contributed by atoms with E-state index >= 15 is 0 Å². The molecule has 0 radical (unpaired) electrons. The molecule has 0 atom stereocenters. The summed E-state index contributed by atoms with van der Waals surface area (Å²) in [7, 11) is 0. The summed E-state index contributed by atoms with van der Waals surface area (Å²) >= 11 is 0. The predicted octanol–water partition coefficient (Wildman–Crippen LogP) is 2.88. The molecule has 0 aromatic heterocycles. The zero-order valence-electron chi connectivity index (χ0n) is 10.5. The number of rotatable bonds is 4. The van der Waals surface area contributed by atoms with Gasteiger partial charge in [0.15, 0.2) is 0 Å². The molecule has 19 heavy (non-hydrogen) atoms. The average Bonchev–Trinajstić information content (AvgIpc) is 2.26. The van der Waals surface area contributed by atoms with E-state index in [2.05, 4.69) is 5.32 Å². The van der Waals surface area contributed by atoms with Crippen molar-refractivity contribution in [1.29, 1.82) is 0 Å². The summed E-state index contributed by atoms with van der Waals surface area (Å²) in [6, 6.07) is 3.90. The van der Waals surface area contributed by atoms with Gasteiger partial charge in [0.25, 0.3) is 0 Å². The number of hydrogen-bond donors (Lipinski definition) is 2. The van der Waals surface area contributed by atoms with E-state index in [0.29, 0.717) is 0 Å². The van der Waals surface area contributed by atoms with Gasteiger partial charge in [-0.05, 0) is 38.1 Å². The Balaban J connectivity index is 2.77. The van der Waals surface area contributed by atoms with E-state index in [1.165, 1.54) is 12.1 Å². The standard InChI is InChI=1S/C13H14FNO4/c1-8(2)19-13(18)15-10-5-3-9(11(14)7-10)4-6-12(16)17/h3-8H,1-2H3,(H,15,18)(H,16,17). The highest BCUT2D eigenvalue weighted by molar-refractivity contribution is 5.86. The predicted molar refractivity (Wildman–Crippen MR) is 68.3 cm³/mol. The number of ether oxygens (including phenoxy) is 1. The van der Waals surface area contributed by atoms with Crippen LogP contribution in [0.15, 0.2) is 24.3 Å². The lowest BCUT2D eigenvalue weighted by atomic mass is 10.2. The summed E-state index contributed by atoms with van der Waals surface area (Å²) in [5.41, 5.74) is 0.348. The van der Waals surface area contributed by atoms with Crippen LogP contribution in [0.3, 0.4) is 0 Å². The molecule has 1 aromatic rings. The van der Waals surface area contributed by atoms with E-state index in [0.717, 1.165) is 18.2 Å². The lowest BCUT2D eigenvalue weighted by Gasteiger charge is -2.09. The van der Waals surface area contributed by atoms with E-state index in [9.17, 15) is 14.0 Å². The molecule has 0 aliphatic heterocycles. The van der Waals surface area contributed by atoms with Gasteiger partial charge in [-0.2, -0.15) is 0 Å². The Labute approximate surface area is 109 Å². The van der Waals surface area contributed by atoms with Gasteiger partial charge in [0.2, 0.25) is 0 Å². The van der Waals surface area contributed by atoms with Crippen LogP contribution in [0.5, 0.6) is 0 Å². The Morgan fingerprint density at radius 1 is 1.42 bits per heavy atom. The number of carbonyl (C=O) groups excluding carboxylic acids is 1. The van der Waals surface area contributed by atoms with Gasteiger partial charge in [0.1, 0.15) is 5.82 Å². The molecule has 0 unspecified atom stereocenters. The highest BCUT2D eigenvalue weighted by Crippen LogP contribution is 2.16. The second-order valence-corrected chi connectivity index (χ2v) is 3.99. The number of carboxylic acids is 1. The molecule has 2 N–H and O–H groups in total. The maximum atomic E-state index is 13.6. The molecular formula is C13H14FNO4. The van der Waals surface area contributed by atoms with Crippen LogP contribution in [0, 0.1) is 5.82 Å². The first-order valence-electron chi connectivity index (χ1n) is 5.56. The Bertz CT molecular complexity index is 511. The number of carboxylic acid groups (broad SMARTS) is 1. The van der Waals surface area contributed by atoms with Crippen molar-refractivity contribution in [3.63, 3.8) is 0 Å². The van der Waals surface area contributed by atoms with Crippen LogP contribution in [0.2, 0.25) is 0 Å². The quantitative estimate of drug-likeness (QED) is 0.822. The van der Waals surface area contributed by atoms with E-state index in [1.54, 1.807) is 13.8 Å². The first-order chi connectivity index (χ1) is 8.88. The molecule has 5 nitrogen and oxygen atoms in total. The first kappa shape index (κ1) is 14.7. The normalized spacial score (nSPS) is 10.7. The second-order valence-electron chi connectivity index (χ2n) is 3.99. The van der Waals surface area contributed by atoms with Crippen LogP contribution >= 0.6 is 0 Å². The summed E-state index contributed by atoms with van der Waals surface area (Å²) in [5, 5.41) is 10.8. The van der Waals surface area contributed by atoms with Crippen molar-refractivity contribution in [3.05, 3.63) is 35.7 Å². The van der Waals surface area contributed by atoms with Gasteiger partial charge in [0.05, 0.1) is 6.10 Å². The van der Waals surface area contributed by atoms with E-state index < -0.39 is 17.9 Å². The van der Waals surface area contributed by atoms with Gasteiger partial charge in [-0.1, -0.05) is 0 Å². The second kappa shape index (κ2) is 6.53. The number of nitrogens with one attached hydrogen (secondary N) is 1. The minimum Gasteiger partial charge on any atom is -0.478 e. The first-order valence-corrected chi connectivity index (χ1v) is 5.56. The topological polar surface area (TPSA) is 75.6 Å². The Morgan fingerprint density at radius 3 is 2.63 bits per heavy atom. The van der Waals surface area contributed by atoms with Crippen LogP contribution in [0.25, 0.3) is 6.08 Å². The number of aliphatic carboxylic acids is 1.